The number of hydrogen-bond donors (Lipinski definition) is 2. The van der Waals surface area contributed by atoms with Gasteiger partial charge in [0.1, 0.15) is 11.0 Å². The van der Waals surface area contributed by atoms with Crippen molar-refractivity contribution in [3.8, 4) is 0 Å². The van der Waals surface area contributed by atoms with Crippen molar-refractivity contribution in [1.29, 1.82) is 0 Å². The molecule has 2 aromatic rings. The van der Waals surface area contributed by atoms with Crippen molar-refractivity contribution in [2.75, 3.05) is 13.1 Å². The number of carbonyl (C=O) groups excluding carboxylic acids is 1. The first kappa shape index (κ1) is 20.0. The fourth-order valence-corrected chi connectivity index (χ4v) is 4.12. The highest BCUT2D eigenvalue weighted by Gasteiger charge is 2.31. The second-order valence-electron chi connectivity index (χ2n) is 6.41. The lowest BCUT2D eigenvalue weighted by molar-refractivity contribution is 0.240. The third-order valence-electron chi connectivity index (χ3n) is 4.09. The van der Waals surface area contributed by atoms with Crippen LogP contribution in [-0.2, 0) is 9.84 Å². The first-order chi connectivity index (χ1) is 12.4. The number of sulfone groups is 1. The first-order valence-corrected chi connectivity index (χ1v) is 10.3. The van der Waals surface area contributed by atoms with E-state index in [1.807, 2.05) is 32.9 Å². The molecule has 0 radical (unpaired) electrons. The minimum absolute atomic E-state index is 0.0721. The Hall–Kier alpha value is -2.28. The maximum Gasteiger partial charge on any atom is 0.314 e. The number of nitrogens with one attached hydrogen (secondary N) is 2. The predicted molar refractivity (Wildman–Crippen MR) is 101 cm³/mol. The van der Waals surface area contributed by atoms with Crippen molar-refractivity contribution >= 4 is 15.9 Å². The van der Waals surface area contributed by atoms with Gasteiger partial charge in [0.15, 0.2) is 9.84 Å². The Labute approximate surface area is 154 Å². The summed E-state index contributed by atoms with van der Waals surface area (Å²) in [6.45, 7) is 6.50. The van der Waals surface area contributed by atoms with Gasteiger partial charge in [0.2, 0.25) is 0 Å². The van der Waals surface area contributed by atoms with Gasteiger partial charge < -0.3 is 15.1 Å². The van der Waals surface area contributed by atoms with Crippen LogP contribution in [0.1, 0.15) is 49.7 Å². The van der Waals surface area contributed by atoms with Gasteiger partial charge in [0.25, 0.3) is 0 Å². The summed E-state index contributed by atoms with van der Waals surface area (Å²) >= 11 is 0. The average Bonchev–Trinajstić information content (AvgIpc) is 3.14. The lowest BCUT2D eigenvalue weighted by atomic mass is 10.0. The smallest absolute Gasteiger partial charge is 0.314 e. The molecule has 0 saturated carbocycles. The Morgan fingerprint density at radius 3 is 2.35 bits per heavy atom. The van der Waals surface area contributed by atoms with Crippen LogP contribution in [0.3, 0.4) is 0 Å². The van der Waals surface area contributed by atoms with E-state index in [2.05, 4.69) is 10.6 Å². The molecule has 7 heteroatoms. The van der Waals surface area contributed by atoms with E-state index in [0.29, 0.717) is 18.2 Å². The minimum Gasteiger partial charge on any atom is -0.468 e. The molecular weight excluding hydrogens is 352 g/mol. The van der Waals surface area contributed by atoms with Crippen LogP contribution in [0.2, 0.25) is 0 Å². The Morgan fingerprint density at radius 1 is 1.12 bits per heavy atom. The van der Waals surface area contributed by atoms with Gasteiger partial charge in [-0.15, -0.1) is 0 Å². The van der Waals surface area contributed by atoms with Crippen molar-refractivity contribution in [1.82, 2.24) is 10.6 Å². The number of hydrogen-bond acceptors (Lipinski definition) is 4. The number of amides is 2. The minimum atomic E-state index is -3.72. The van der Waals surface area contributed by atoms with E-state index in [1.165, 1.54) is 6.26 Å². The van der Waals surface area contributed by atoms with Crippen LogP contribution < -0.4 is 10.6 Å². The van der Waals surface area contributed by atoms with E-state index in [4.69, 9.17) is 4.42 Å². The van der Waals surface area contributed by atoms with Gasteiger partial charge in [0.05, 0.1) is 11.2 Å². The molecule has 1 aromatic heterocycles. The Bertz CT molecular complexity index is 797. The van der Waals surface area contributed by atoms with E-state index in [-0.39, 0.29) is 11.4 Å². The molecule has 142 valence electrons. The van der Waals surface area contributed by atoms with Gasteiger partial charge in [-0.05, 0) is 42.2 Å². The van der Waals surface area contributed by atoms with Crippen molar-refractivity contribution in [2.24, 2.45) is 0 Å². The zero-order valence-electron chi connectivity index (χ0n) is 15.4. The van der Waals surface area contributed by atoms with Crippen LogP contribution in [0, 0.1) is 0 Å². The molecule has 1 heterocycles. The maximum atomic E-state index is 13.1. The molecule has 2 amide bonds. The normalized spacial score (nSPS) is 12.8. The lowest BCUT2D eigenvalue weighted by Crippen LogP contribution is -2.39. The molecule has 0 aliphatic rings. The molecule has 0 saturated heterocycles. The van der Waals surface area contributed by atoms with E-state index in [1.54, 1.807) is 24.3 Å². The second kappa shape index (κ2) is 8.89. The lowest BCUT2D eigenvalue weighted by Gasteiger charge is -2.17. The first-order valence-electron chi connectivity index (χ1n) is 8.75. The average molecular weight is 378 g/mol. The molecule has 1 atom stereocenters. The van der Waals surface area contributed by atoms with Gasteiger partial charge in [-0.3, -0.25) is 0 Å². The Kier molecular flexibility index (Phi) is 6.85. The zero-order chi connectivity index (χ0) is 19.2. The molecule has 6 nitrogen and oxygen atoms in total. The summed E-state index contributed by atoms with van der Waals surface area (Å²) in [7, 11) is -3.72. The molecule has 0 aliphatic carbocycles. The monoisotopic (exact) mass is 378 g/mol. The topological polar surface area (TPSA) is 88.4 Å². The molecule has 0 aliphatic heterocycles. The summed E-state index contributed by atoms with van der Waals surface area (Å²) < 4.78 is 31.5. The molecule has 0 spiro atoms. The quantitative estimate of drug-likeness (QED) is 0.734. The second-order valence-corrected chi connectivity index (χ2v) is 8.54. The number of urea groups is 1. The van der Waals surface area contributed by atoms with Crippen LogP contribution in [0.25, 0.3) is 0 Å². The number of carbonyl (C=O) groups is 1. The number of furan rings is 1. The van der Waals surface area contributed by atoms with Crippen LogP contribution in [0.4, 0.5) is 4.79 Å². The van der Waals surface area contributed by atoms with Crippen molar-refractivity contribution in [3.05, 3.63) is 54.0 Å². The predicted octanol–water partition coefficient (Wildman–Crippen LogP) is 3.63. The molecule has 1 aromatic carbocycles. The summed E-state index contributed by atoms with van der Waals surface area (Å²) in [5.41, 5.74) is 1.07. The summed E-state index contributed by atoms with van der Waals surface area (Å²) in [5, 5.41) is 4.30. The molecule has 0 fully saturated rings. The fourth-order valence-electron chi connectivity index (χ4n) is 2.53. The van der Waals surface area contributed by atoms with E-state index in [0.717, 1.165) is 12.0 Å². The highest BCUT2D eigenvalue weighted by molar-refractivity contribution is 7.91. The Balaban J connectivity index is 2.24. The highest BCUT2D eigenvalue weighted by Crippen LogP contribution is 2.29. The third kappa shape index (κ3) is 4.88. The maximum absolute atomic E-state index is 13.1. The largest absolute Gasteiger partial charge is 0.468 e. The molecule has 0 bridgehead atoms. The highest BCUT2D eigenvalue weighted by atomic mass is 32.2. The van der Waals surface area contributed by atoms with Gasteiger partial charge in [-0.1, -0.05) is 32.9 Å². The molecule has 2 rings (SSSR count). The molecule has 2 N–H and O–H groups in total. The summed E-state index contributed by atoms with van der Waals surface area (Å²) in [4.78, 5) is 12.0. The van der Waals surface area contributed by atoms with Crippen LogP contribution in [0.15, 0.2) is 52.0 Å². The van der Waals surface area contributed by atoms with Crippen LogP contribution in [-0.4, -0.2) is 27.5 Å². The third-order valence-corrected chi connectivity index (χ3v) is 6.17. The van der Waals surface area contributed by atoms with Crippen LogP contribution >= 0.6 is 0 Å². The fraction of sp³-hybridized carbons (Fsp3) is 0.421. The van der Waals surface area contributed by atoms with E-state index in [9.17, 15) is 13.2 Å². The van der Waals surface area contributed by atoms with Crippen molar-refractivity contribution in [3.63, 3.8) is 0 Å². The molecule has 0 unspecified atom stereocenters. The van der Waals surface area contributed by atoms with E-state index >= 15 is 0 Å². The number of benzene rings is 1. The van der Waals surface area contributed by atoms with Crippen molar-refractivity contribution < 1.29 is 17.6 Å². The van der Waals surface area contributed by atoms with Gasteiger partial charge in [-0.2, -0.15) is 0 Å². The summed E-state index contributed by atoms with van der Waals surface area (Å²) in [6, 6.07) is 9.70. The van der Waals surface area contributed by atoms with Crippen molar-refractivity contribution in [2.45, 2.75) is 43.3 Å². The Morgan fingerprint density at radius 2 is 1.81 bits per heavy atom. The van der Waals surface area contributed by atoms with Crippen LogP contribution in [0.5, 0.6) is 0 Å². The zero-order valence-corrected chi connectivity index (χ0v) is 16.2. The molecular formula is C19H26N2O4S. The summed E-state index contributed by atoms with van der Waals surface area (Å²) in [6.07, 6.45) is 2.23. The summed E-state index contributed by atoms with van der Waals surface area (Å²) in [5.74, 6) is 0.616. The van der Waals surface area contributed by atoms with Gasteiger partial charge in [-0.25, -0.2) is 13.2 Å². The van der Waals surface area contributed by atoms with Gasteiger partial charge >= 0.3 is 6.03 Å². The molecule has 26 heavy (non-hydrogen) atoms. The van der Waals surface area contributed by atoms with Gasteiger partial charge in [0, 0.05) is 13.1 Å². The van der Waals surface area contributed by atoms with E-state index < -0.39 is 21.1 Å². The SMILES string of the molecule is CCCNC(=O)NC[C@H](c1ccco1)S(=O)(=O)c1ccc(C(C)C)cc1. The standard InChI is InChI=1S/C19H26N2O4S/c1-4-11-20-19(22)21-13-18(17-6-5-12-25-17)26(23,24)16-9-7-15(8-10-16)14(2)3/h5-10,12,14,18H,4,11,13H2,1-3H3,(H2,20,21,22)/t18-/m1/s1. The number of rotatable bonds is 8.